The van der Waals surface area contributed by atoms with Gasteiger partial charge in [-0.3, -0.25) is 0 Å². The number of rotatable bonds is 3. The predicted octanol–water partition coefficient (Wildman–Crippen LogP) is 3.02. The molecular formula is C13H19BrN2O. The molecule has 0 N–H and O–H groups in total. The zero-order valence-electron chi connectivity index (χ0n) is 10.4. The predicted molar refractivity (Wildman–Crippen MR) is 73.5 cm³/mol. The van der Waals surface area contributed by atoms with E-state index in [1.54, 1.807) is 0 Å². The number of pyridine rings is 1. The van der Waals surface area contributed by atoms with Crippen molar-refractivity contribution in [2.24, 2.45) is 5.92 Å². The fourth-order valence-electron chi connectivity index (χ4n) is 2.22. The van der Waals surface area contributed by atoms with Crippen LogP contribution in [-0.2, 0) is 4.74 Å². The highest BCUT2D eigenvalue weighted by Crippen LogP contribution is 2.27. The average Bonchev–Trinajstić information content (AvgIpc) is 2.34. The highest BCUT2D eigenvalue weighted by Gasteiger charge is 2.18. The van der Waals surface area contributed by atoms with Gasteiger partial charge in [0.2, 0.25) is 0 Å². The third-order valence-electron chi connectivity index (χ3n) is 3.21. The van der Waals surface area contributed by atoms with Crippen LogP contribution in [0.2, 0.25) is 0 Å². The summed E-state index contributed by atoms with van der Waals surface area (Å²) in [7, 11) is 2.10. The molecule has 17 heavy (non-hydrogen) atoms. The zero-order chi connectivity index (χ0) is 12.3. The Balaban J connectivity index is 2.03. The van der Waals surface area contributed by atoms with Crippen LogP contribution in [0.25, 0.3) is 0 Å². The van der Waals surface area contributed by atoms with Gasteiger partial charge in [0.25, 0.3) is 0 Å². The van der Waals surface area contributed by atoms with E-state index in [0.717, 1.165) is 30.0 Å². The number of aromatic nitrogens is 1. The van der Waals surface area contributed by atoms with Crippen molar-refractivity contribution in [1.82, 2.24) is 4.98 Å². The van der Waals surface area contributed by atoms with Crippen molar-refractivity contribution in [3.05, 3.63) is 22.3 Å². The Morgan fingerprint density at radius 1 is 1.59 bits per heavy atom. The second kappa shape index (κ2) is 5.83. The number of anilines is 1. The van der Waals surface area contributed by atoms with Gasteiger partial charge in [0.05, 0.1) is 11.1 Å². The Morgan fingerprint density at radius 2 is 2.41 bits per heavy atom. The molecule has 1 atom stereocenters. The Bertz CT molecular complexity index is 378. The molecule has 0 spiro atoms. The fraction of sp³-hybridized carbons (Fsp3) is 0.615. The summed E-state index contributed by atoms with van der Waals surface area (Å²) in [4.78, 5) is 6.66. The molecule has 2 rings (SSSR count). The van der Waals surface area contributed by atoms with Gasteiger partial charge in [0, 0.05) is 26.4 Å². The normalized spacial score (nSPS) is 20.3. The summed E-state index contributed by atoms with van der Waals surface area (Å²) >= 11 is 3.61. The summed E-state index contributed by atoms with van der Waals surface area (Å²) in [6.45, 7) is 4.91. The first-order valence-electron chi connectivity index (χ1n) is 6.08. The van der Waals surface area contributed by atoms with E-state index in [9.17, 15) is 0 Å². The lowest BCUT2D eigenvalue weighted by Crippen LogP contribution is -2.31. The first-order valence-corrected chi connectivity index (χ1v) is 6.87. The fourth-order valence-corrected chi connectivity index (χ4v) is 2.75. The Hall–Kier alpha value is -0.610. The summed E-state index contributed by atoms with van der Waals surface area (Å²) in [6.07, 6.45) is 4.30. The van der Waals surface area contributed by atoms with Gasteiger partial charge >= 0.3 is 0 Å². The maximum Gasteiger partial charge on any atom is 0.142 e. The van der Waals surface area contributed by atoms with E-state index >= 15 is 0 Å². The van der Waals surface area contributed by atoms with Crippen molar-refractivity contribution in [2.45, 2.75) is 19.8 Å². The molecule has 3 nitrogen and oxygen atoms in total. The van der Waals surface area contributed by atoms with Crippen molar-refractivity contribution >= 4 is 21.7 Å². The number of nitrogens with zero attached hydrogens (tertiary/aromatic N) is 2. The van der Waals surface area contributed by atoms with Gasteiger partial charge in [-0.25, -0.2) is 4.98 Å². The Morgan fingerprint density at radius 3 is 3.12 bits per heavy atom. The van der Waals surface area contributed by atoms with Gasteiger partial charge in [0.1, 0.15) is 5.82 Å². The molecule has 0 saturated carbocycles. The SMILES string of the molecule is Cc1ccnc(N(C)CC2CCCOC2)c1Br. The molecule has 0 radical (unpaired) electrons. The van der Waals surface area contributed by atoms with Crippen LogP contribution in [0.4, 0.5) is 5.82 Å². The molecule has 1 unspecified atom stereocenters. The van der Waals surface area contributed by atoms with E-state index < -0.39 is 0 Å². The number of ether oxygens (including phenoxy) is 1. The molecule has 1 aliphatic heterocycles. The van der Waals surface area contributed by atoms with Gasteiger partial charge < -0.3 is 9.64 Å². The summed E-state index contributed by atoms with van der Waals surface area (Å²) in [5, 5.41) is 0. The van der Waals surface area contributed by atoms with Crippen molar-refractivity contribution in [3.63, 3.8) is 0 Å². The molecule has 0 aliphatic carbocycles. The van der Waals surface area contributed by atoms with E-state index in [1.165, 1.54) is 18.4 Å². The molecular weight excluding hydrogens is 280 g/mol. The van der Waals surface area contributed by atoms with Gasteiger partial charge in [0.15, 0.2) is 0 Å². The van der Waals surface area contributed by atoms with E-state index in [1.807, 2.05) is 12.3 Å². The van der Waals surface area contributed by atoms with Crippen molar-refractivity contribution < 1.29 is 4.74 Å². The number of hydrogen-bond acceptors (Lipinski definition) is 3. The van der Waals surface area contributed by atoms with Crippen LogP contribution in [0.15, 0.2) is 16.7 Å². The minimum atomic E-state index is 0.628. The van der Waals surface area contributed by atoms with Gasteiger partial charge in [-0.15, -0.1) is 0 Å². The molecule has 0 amide bonds. The molecule has 0 aromatic carbocycles. The maximum atomic E-state index is 5.51. The van der Waals surface area contributed by atoms with Crippen LogP contribution < -0.4 is 4.90 Å². The maximum absolute atomic E-state index is 5.51. The highest BCUT2D eigenvalue weighted by atomic mass is 79.9. The van der Waals surface area contributed by atoms with Crippen LogP contribution in [-0.4, -0.2) is 31.8 Å². The topological polar surface area (TPSA) is 25.4 Å². The quantitative estimate of drug-likeness (QED) is 0.858. The van der Waals surface area contributed by atoms with Crippen LogP contribution >= 0.6 is 15.9 Å². The van der Waals surface area contributed by atoms with E-state index in [4.69, 9.17) is 4.74 Å². The molecule has 1 aromatic heterocycles. The first kappa shape index (κ1) is 12.8. The van der Waals surface area contributed by atoms with Crippen LogP contribution in [0.1, 0.15) is 18.4 Å². The molecule has 94 valence electrons. The lowest BCUT2D eigenvalue weighted by Gasteiger charge is -2.28. The molecule has 1 aliphatic rings. The molecule has 2 heterocycles. The van der Waals surface area contributed by atoms with Crippen molar-refractivity contribution in [2.75, 3.05) is 31.7 Å². The average molecular weight is 299 g/mol. The summed E-state index contributed by atoms with van der Waals surface area (Å²) in [5.41, 5.74) is 1.22. The van der Waals surface area contributed by atoms with E-state index in [-0.39, 0.29) is 0 Å². The minimum absolute atomic E-state index is 0.628. The van der Waals surface area contributed by atoms with Crippen LogP contribution in [0, 0.1) is 12.8 Å². The highest BCUT2D eigenvalue weighted by molar-refractivity contribution is 9.10. The second-order valence-corrected chi connectivity index (χ2v) is 5.52. The van der Waals surface area contributed by atoms with Crippen molar-refractivity contribution in [3.8, 4) is 0 Å². The van der Waals surface area contributed by atoms with E-state index in [0.29, 0.717) is 5.92 Å². The summed E-state index contributed by atoms with van der Waals surface area (Å²) in [5.74, 6) is 1.65. The standard InChI is InChI=1S/C13H19BrN2O/c1-10-5-6-15-13(12(10)14)16(2)8-11-4-3-7-17-9-11/h5-6,11H,3-4,7-9H2,1-2H3. The Labute approximate surface area is 111 Å². The summed E-state index contributed by atoms with van der Waals surface area (Å²) < 4.78 is 6.61. The third kappa shape index (κ3) is 3.19. The van der Waals surface area contributed by atoms with Crippen LogP contribution in [0.5, 0.6) is 0 Å². The largest absolute Gasteiger partial charge is 0.381 e. The monoisotopic (exact) mass is 298 g/mol. The summed E-state index contributed by atoms with van der Waals surface area (Å²) in [6, 6.07) is 2.02. The lowest BCUT2D eigenvalue weighted by molar-refractivity contribution is 0.0576. The van der Waals surface area contributed by atoms with Gasteiger partial charge in [-0.2, -0.15) is 0 Å². The first-order chi connectivity index (χ1) is 8.18. The van der Waals surface area contributed by atoms with Crippen molar-refractivity contribution in [1.29, 1.82) is 0 Å². The third-order valence-corrected chi connectivity index (χ3v) is 4.19. The zero-order valence-corrected chi connectivity index (χ0v) is 12.0. The molecule has 1 saturated heterocycles. The van der Waals surface area contributed by atoms with Crippen LogP contribution in [0.3, 0.4) is 0 Å². The number of halogens is 1. The smallest absolute Gasteiger partial charge is 0.142 e. The van der Waals surface area contributed by atoms with E-state index in [2.05, 4.69) is 39.8 Å². The lowest BCUT2D eigenvalue weighted by atomic mass is 10.0. The minimum Gasteiger partial charge on any atom is -0.381 e. The van der Waals surface area contributed by atoms with Gasteiger partial charge in [-0.1, -0.05) is 0 Å². The Kier molecular flexibility index (Phi) is 4.40. The second-order valence-electron chi connectivity index (χ2n) is 4.73. The molecule has 1 aromatic rings. The molecule has 0 bridgehead atoms. The number of hydrogen-bond donors (Lipinski definition) is 0. The molecule has 1 fully saturated rings. The van der Waals surface area contributed by atoms with Gasteiger partial charge in [-0.05, 0) is 53.2 Å². The number of aryl methyl sites for hydroxylation is 1. The molecule has 4 heteroatoms.